The highest BCUT2D eigenvalue weighted by Crippen LogP contribution is 2.30. The van der Waals surface area contributed by atoms with Gasteiger partial charge in [-0.25, -0.2) is 13.4 Å². The third-order valence-electron chi connectivity index (χ3n) is 3.75. The maximum Gasteiger partial charge on any atom is 0.186 e. The van der Waals surface area contributed by atoms with E-state index in [2.05, 4.69) is 22.1 Å². The fourth-order valence-electron chi connectivity index (χ4n) is 2.77. The molecule has 1 atom stereocenters. The summed E-state index contributed by atoms with van der Waals surface area (Å²) < 4.78 is 22.6. The Morgan fingerprint density at radius 3 is 2.90 bits per heavy atom. The molecule has 0 saturated carbocycles. The van der Waals surface area contributed by atoms with Gasteiger partial charge < -0.3 is 10.2 Å². The predicted octanol–water partition coefficient (Wildman–Crippen LogP) is 1.00. The number of rotatable bonds is 2. The molecular weight excluding hydrogens is 274 g/mol. The fourth-order valence-corrected chi connectivity index (χ4v) is 3.32. The molecule has 0 amide bonds. The van der Waals surface area contributed by atoms with E-state index in [9.17, 15) is 8.42 Å². The second-order valence-corrected chi connectivity index (χ2v) is 5.95. The highest BCUT2D eigenvalue weighted by atomic mass is 32.2. The third kappa shape index (κ3) is 2.25. The van der Waals surface area contributed by atoms with Crippen LogP contribution in [0.5, 0.6) is 0 Å². The van der Waals surface area contributed by atoms with Gasteiger partial charge in [0.15, 0.2) is 15.7 Å². The normalized spacial score (nSPS) is 19.7. The summed E-state index contributed by atoms with van der Waals surface area (Å²) >= 11 is 0. The van der Waals surface area contributed by atoms with Gasteiger partial charge in [0, 0.05) is 48.3 Å². The van der Waals surface area contributed by atoms with Crippen molar-refractivity contribution in [2.75, 3.05) is 24.5 Å². The molecular formula is C14H17N3O2S. The number of aromatic nitrogens is 1. The van der Waals surface area contributed by atoms with Gasteiger partial charge in [0.25, 0.3) is 0 Å². The molecule has 6 heteroatoms. The average molecular weight is 291 g/mol. The highest BCUT2D eigenvalue weighted by molar-refractivity contribution is 7.72. The molecule has 1 aromatic carbocycles. The summed E-state index contributed by atoms with van der Waals surface area (Å²) in [6.45, 7) is 4.96. The lowest BCUT2D eigenvalue weighted by Crippen LogP contribution is -2.50. The summed E-state index contributed by atoms with van der Waals surface area (Å²) in [4.78, 5) is 6.30. The van der Waals surface area contributed by atoms with Crippen LogP contribution in [-0.4, -0.2) is 39.1 Å². The second kappa shape index (κ2) is 5.38. The number of nitrogens with one attached hydrogen (secondary N) is 1. The third-order valence-corrected chi connectivity index (χ3v) is 4.45. The Hall–Kier alpha value is -1.66. The van der Waals surface area contributed by atoms with Gasteiger partial charge in [-0.3, -0.25) is 0 Å². The number of benzene rings is 1. The second-order valence-electron chi connectivity index (χ2n) is 5.01. The van der Waals surface area contributed by atoms with Crippen molar-refractivity contribution >= 4 is 27.2 Å². The molecule has 1 fully saturated rings. The molecule has 20 heavy (non-hydrogen) atoms. The predicted molar refractivity (Wildman–Crippen MR) is 80.0 cm³/mol. The van der Waals surface area contributed by atoms with Gasteiger partial charge in [0.05, 0.1) is 0 Å². The summed E-state index contributed by atoms with van der Waals surface area (Å²) in [6, 6.07) is 8.04. The maximum atomic E-state index is 11.3. The summed E-state index contributed by atoms with van der Waals surface area (Å²) in [6.07, 6.45) is 1.57. The van der Waals surface area contributed by atoms with E-state index in [4.69, 9.17) is 0 Å². The van der Waals surface area contributed by atoms with Crippen molar-refractivity contribution in [3.8, 4) is 0 Å². The molecule has 0 bridgehead atoms. The van der Waals surface area contributed by atoms with E-state index in [1.165, 1.54) is 0 Å². The van der Waals surface area contributed by atoms with Gasteiger partial charge in [-0.1, -0.05) is 12.1 Å². The summed E-state index contributed by atoms with van der Waals surface area (Å²) in [5.41, 5.74) is 1.08. The van der Waals surface area contributed by atoms with Gasteiger partial charge in [-0.05, 0) is 19.1 Å². The quantitative estimate of drug-likeness (QED) is 0.808. The van der Waals surface area contributed by atoms with Gasteiger partial charge in [0.2, 0.25) is 0 Å². The number of hydrogen-bond donors (Lipinski definition) is 2. The standard InChI is InChI=1S/C14H17N3O2S/c1-10-9-15-7-8-17(10)13-4-2-3-12-11(13)5-6-16-14(12)20(18)19/h2-6,10,15,20H,7-9H2,1H3. The van der Waals surface area contributed by atoms with Crippen molar-refractivity contribution in [1.29, 1.82) is 0 Å². The minimum atomic E-state index is -2.68. The van der Waals surface area contributed by atoms with E-state index < -0.39 is 10.7 Å². The first-order chi connectivity index (χ1) is 9.68. The van der Waals surface area contributed by atoms with E-state index in [1.807, 2.05) is 24.3 Å². The Morgan fingerprint density at radius 2 is 2.15 bits per heavy atom. The zero-order chi connectivity index (χ0) is 14.1. The molecule has 2 aromatic rings. The molecule has 5 nitrogen and oxygen atoms in total. The molecule has 0 radical (unpaired) electrons. The fraction of sp³-hybridized carbons (Fsp3) is 0.357. The molecule has 3 rings (SSSR count). The van der Waals surface area contributed by atoms with E-state index in [-0.39, 0.29) is 5.03 Å². The number of anilines is 1. The van der Waals surface area contributed by atoms with Crippen LogP contribution < -0.4 is 10.2 Å². The number of piperazine rings is 1. The Labute approximate surface area is 119 Å². The Kier molecular flexibility index (Phi) is 3.58. The zero-order valence-electron chi connectivity index (χ0n) is 11.2. The van der Waals surface area contributed by atoms with Crippen molar-refractivity contribution in [3.63, 3.8) is 0 Å². The highest BCUT2D eigenvalue weighted by Gasteiger charge is 2.20. The van der Waals surface area contributed by atoms with Crippen molar-refractivity contribution in [1.82, 2.24) is 10.3 Å². The van der Waals surface area contributed by atoms with E-state index in [0.29, 0.717) is 11.4 Å². The van der Waals surface area contributed by atoms with Crippen LogP contribution in [0.25, 0.3) is 10.8 Å². The van der Waals surface area contributed by atoms with Crippen LogP contribution in [0.4, 0.5) is 5.69 Å². The minimum Gasteiger partial charge on any atom is -0.366 e. The van der Waals surface area contributed by atoms with E-state index >= 15 is 0 Å². The molecule has 2 heterocycles. The number of thiol groups is 1. The van der Waals surface area contributed by atoms with Crippen LogP contribution >= 0.6 is 0 Å². The SMILES string of the molecule is CC1CNCCN1c1cccc2c([SH](=O)=O)nccc12. The van der Waals surface area contributed by atoms with Gasteiger partial charge in [-0.2, -0.15) is 0 Å². The summed E-state index contributed by atoms with van der Waals surface area (Å²) in [7, 11) is -2.68. The van der Waals surface area contributed by atoms with Crippen molar-refractivity contribution in [2.24, 2.45) is 0 Å². The van der Waals surface area contributed by atoms with Crippen molar-refractivity contribution in [2.45, 2.75) is 18.0 Å². The molecule has 1 aliphatic rings. The van der Waals surface area contributed by atoms with Crippen LogP contribution in [0.1, 0.15) is 6.92 Å². The summed E-state index contributed by atoms with van der Waals surface area (Å²) in [5.74, 6) is 0. The van der Waals surface area contributed by atoms with Crippen LogP contribution in [0, 0.1) is 0 Å². The van der Waals surface area contributed by atoms with Crippen LogP contribution in [0.15, 0.2) is 35.5 Å². The molecule has 1 saturated heterocycles. The molecule has 0 spiro atoms. The first-order valence-corrected chi connectivity index (χ1v) is 7.85. The van der Waals surface area contributed by atoms with E-state index in [0.717, 1.165) is 30.7 Å². The number of pyridine rings is 1. The van der Waals surface area contributed by atoms with Crippen molar-refractivity contribution in [3.05, 3.63) is 30.5 Å². The first-order valence-electron chi connectivity index (χ1n) is 6.68. The van der Waals surface area contributed by atoms with Crippen LogP contribution in [-0.2, 0) is 10.7 Å². The van der Waals surface area contributed by atoms with Gasteiger partial charge in [-0.15, -0.1) is 0 Å². The lowest BCUT2D eigenvalue weighted by molar-refractivity contribution is 0.502. The van der Waals surface area contributed by atoms with Gasteiger partial charge >= 0.3 is 0 Å². The minimum absolute atomic E-state index is 0.155. The lowest BCUT2D eigenvalue weighted by Gasteiger charge is -2.36. The lowest BCUT2D eigenvalue weighted by atomic mass is 10.1. The molecule has 0 aliphatic carbocycles. The number of nitrogens with zero attached hydrogens (tertiary/aromatic N) is 2. The largest absolute Gasteiger partial charge is 0.366 e. The Morgan fingerprint density at radius 1 is 1.30 bits per heavy atom. The van der Waals surface area contributed by atoms with E-state index in [1.54, 1.807) is 6.20 Å². The van der Waals surface area contributed by atoms with Gasteiger partial charge in [0.1, 0.15) is 0 Å². The van der Waals surface area contributed by atoms with Crippen molar-refractivity contribution < 1.29 is 8.42 Å². The number of fused-ring (bicyclic) bond motifs is 1. The first kappa shape index (κ1) is 13.3. The maximum absolute atomic E-state index is 11.3. The monoisotopic (exact) mass is 291 g/mol. The molecule has 1 aromatic heterocycles. The Bertz CT molecular complexity index is 707. The topological polar surface area (TPSA) is 62.3 Å². The van der Waals surface area contributed by atoms with Crippen LogP contribution in [0.3, 0.4) is 0 Å². The van der Waals surface area contributed by atoms with Crippen LogP contribution in [0.2, 0.25) is 0 Å². The molecule has 106 valence electrons. The zero-order valence-corrected chi connectivity index (χ0v) is 12.1. The Balaban J connectivity index is 2.19. The average Bonchev–Trinajstić information content (AvgIpc) is 2.46. The molecule has 1 unspecified atom stereocenters. The number of hydrogen-bond acceptors (Lipinski definition) is 5. The smallest absolute Gasteiger partial charge is 0.186 e. The molecule has 1 N–H and O–H groups in total. The summed E-state index contributed by atoms with van der Waals surface area (Å²) in [5, 5.41) is 5.17. The molecule has 1 aliphatic heterocycles.